The van der Waals surface area contributed by atoms with Crippen molar-refractivity contribution < 1.29 is 8.42 Å². The van der Waals surface area contributed by atoms with Crippen LogP contribution in [0, 0.1) is 18.3 Å². The smallest absolute Gasteiger partial charge is 0.215 e. The fourth-order valence-electron chi connectivity index (χ4n) is 3.15. The molecule has 130 valence electrons. The van der Waals surface area contributed by atoms with Gasteiger partial charge in [-0.05, 0) is 35.7 Å². The molecule has 0 saturated heterocycles. The highest BCUT2D eigenvalue weighted by Crippen LogP contribution is 2.33. The van der Waals surface area contributed by atoms with E-state index >= 15 is 0 Å². The first-order chi connectivity index (χ1) is 12.5. The van der Waals surface area contributed by atoms with Crippen LogP contribution in [0.5, 0.6) is 0 Å². The molecule has 7 nitrogen and oxygen atoms in total. The summed E-state index contributed by atoms with van der Waals surface area (Å²) in [6.07, 6.45) is 1.52. The standard InChI is InChI=1S/C18H15N5O2S/c1-13-4-2-3-5-16(13)14-6-7-17-18(10-14)26(24,25)22(9-8-19)12-15-11-20-21-23(15)17/h2-7,10-11H,9,12H2,1H3. The summed E-state index contributed by atoms with van der Waals surface area (Å²) in [4.78, 5) is 0.123. The minimum Gasteiger partial charge on any atom is -0.215 e. The van der Waals surface area contributed by atoms with Gasteiger partial charge in [0.2, 0.25) is 10.0 Å². The normalized spacial score (nSPS) is 15.5. The molecule has 0 N–H and O–H groups in total. The summed E-state index contributed by atoms with van der Waals surface area (Å²) in [7, 11) is -3.84. The first-order valence-electron chi connectivity index (χ1n) is 7.99. The molecule has 0 amide bonds. The van der Waals surface area contributed by atoms with E-state index in [1.807, 2.05) is 43.3 Å². The van der Waals surface area contributed by atoms with Crippen LogP contribution in [-0.2, 0) is 16.6 Å². The van der Waals surface area contributed by atoms with E-state index in [-0.39, 0.29) is 18.0 Å². The van der Waals surface area contributed by atoms with Crippen LogP contribution < -0.4 is 0 Å². The third-order valence-electron chi connectivity index (χ3n) is 4.47. The summed E-state index contributed by atoms with van der Waals surface area (Å²) in [6.45, 7) is 1.80. The van der Waals surface area contributed by atoms with Crippen LogP contribution in [0.15, 0.2) is 53.6 Å². The summed E-state index contributed by atoms with van der Waals surface area (Å²) in [5.74, 6) is 0. The van der Waals surface area contributed by atoms with Gasteiger partial charge >= 0.3 is 0 Å². The molecular weight excluding hydrogens is 350 g/mol. The van der Waals surface area contributed by atoms with Crippen LogP contribution in [0.2, 0.25) is 0 Å². The number of sulfonamides is 1. The Bertz CT molecular complexity index is 1140. The minimum absolute atomic E-state index is 0.0528. The molecule has 0 radical (unpaired) electrons. The Morgan fingerprint density at radius 1 is 1.23 bits per heavy atom. The summed E-state index contributed by atoms with van der Waals surface area (Å²) < 4.78 is 29.0. The van der Waals surface area contributed by atoms with Crippen molar-refractivity contribution in [2.24, 2.45) is 0 Å². The van der Waals surface area contributed by atoms with Gasteiger partial charge in [-0.3, -0.25) is 0 Å². The van der Waals surface area contributed by atoms with Crippen molar-refractivity contribution in [3.63, 3.8) is 0 Å². The van der Waals surface area contributed by atoms with E-state index < -0.39 is 10.0 Å². The number of hydrogen-bond acceptors (Lipinski definition) is 5. The second-order valence-corrected chi connectivity index (χ2v) is 7.97. The molecule has 0 atom stereocenters. The monoisotopic (exact) mass is 365 g/mol. The average Bonchev–Trinajstić information content (AvgIpc) is 3.06. The fraction of sp³-hybridized carbons (Fsp3) is 0.167. The number of nitriles is 1. The molecule has 4 rings (SSSR count). The molecule has 0 fully saturated rings. The summed E-state index contributed by atoms with van der Waals surface area (Å²) in [5, 5.41) is 17.0. The number of aromatic nitrogens is 3. The van der Waals surface area contributed by atoms with Gasteiger partial charge in [0.05, 0.1) is 30.2 Å². The van der Waals surface area contributed by atoms with Crippen molar-refractivity contribution in [2.75, 3.05) is 6.54 Å². The van der Waals surface area contributed by atoms with Gasteiger partial charge in [-0.25, -0.2) is 13.1 Å². The van der Waals surface area contributed by atoms with Crippen molar-refractivity contribution in [3.05, 3.63) is 59.9 Å². The molecule has 2 heterocycles. The lowest BCUT2D eigenvalue weighted by Gasteiger charge is -2.17. The number of rotatable bonds is 2. The van der Waals surface area contributed by atoms with Gasteiger partial charge in [0.15, 0.2) is 0 Å². The van der Waals surface area contributed by atoms with Gasteiger partial charge in [0.1, 0.15) is 11.4 Å². The molecule has 0 unspecified atom stereocenters. The van der Waals surface area contributed by atoms with Crippen LogP contribution in [0.25, 0.3) is 16.8 Å². The quantitative estimate of drug-likeness (QED) is 0.650. The molecule has 3 aromatic rings. The van der Waals surface area contributed by atoms with E-state index in [1.54, 1.807) is 12.1 Å². The van der Waals surface area contributed by atoms with Gasteiger partial charge in [0, 0.05) is 0 Å². The molecule has 1 aliphatic heterocycles. The number of aryl methyl sites for hydroxylation is 1. The Morgan fingerprint density at radius 2 is 2.04 bits per heavy atom. The average molecular weight is 365 g/mol. The molecule has 26 heavy (non-hydrogen) atoms. The van der Waals surface area contributed by atoms with E-state index in [1.165, 1.54) is 10.9 Å². The van der Waals surface area contributed by atoms with Gasteiger partial charge in [0.25, 0.3) is 0 Å². The maximum atomic E-state index is 13.2. The molecule has 2 aromatic carbocycles. The lowest BCUT2D eigenvalue weighted by Crippen LogP contribution is -2.30. The van der Waals surface area contributed by atoms with Crippen molar-refractivity contribution >= 4 is 10.0 Å². The van der Waals surface area contributed by atoms with Crippen molar-refractivity contribution in [2.45, 2.75) is 18.4 Å². The zero-order valence-electron chi connectivity index (χ0n) is 14.0. The Hall–Kier alpha value is -3.02. The zero-order chi connectivity index (χ0) is 18.3. The SMILES string of the molecule is Cc1ccccc1-c1ccc2c(c1)S(=O)(=O)N(CC#N)Cc1cnnn1-2. The predicted molar refractivity (Wildman–Crippen MR) is 94.7 cm³/mol. The maximum Gasteiger partial charge on any atom is 0.246 e. The Balaban J connectivity index is 1.99. The molecule has 0 aliphatic carbocycles. The summed E-state index contributed by atoms with van der Waals surface area (Å²) in [6, 6.07) is 15.0. The Morgan fingerprint density at radius 3 is 2.81 bits per heavy atom. The van der Waals surface area contributed by atoms with E-state index in [2.05, 4.69) is 10.3 Å². The molecule has 0 saturated carbocycles. The molecule has 0 bridgehead atoms. The first-order valence-corrected chi connectivity index (χ1v) is 9.43. The van der Waals surface area contributed by atoms with Crippen LogP contribution in [-0.4, -0.2) is 34.3 Å². The number of nitrogens with zero attached hydrogens (tertiary/aromatic N) is 5. The topological polar surface area (TPSA) is 91.9 Å². The number of fused-ring (bicyclic) bond motifs is 3. The summed E-state index contributed by atoms with van der Waals surface area (Å²) >= 11 is 0. The van der Waals surface area contributed by atoms with Gasteiger partial charge in [-0.1, -0.05) is 35.5 Å². The molecule has 0 spiro atoms. The van der Waals surface area contributed by atoms with Crippen molar-refractivity contribution in [1.82, 2.24) is 19.3 Å². The largest absolute Gasteiger partial charge is 0.246 e. The van der Waals surface area contributed by atoms with E-state index in [0.29, 0.717) is 11.4 Å². The van der Waals surface area contributed by atoms with Crippen LogP contribution in [0.1, 0.15) is 11.3 Å². The van der Waals surface area contributed by atoms with E-state index in [9.17, 15) is 8.42 Å². The van der Waals surface area contributed by atoms with Gasteiger partial charge in [-0.2, -0.15) is 9.57 Å². The lowest BCUT2D eigenvalue weighted by molar-refractivity contribution is 0.438. The lowest BCUT2D eigenvalue weighted by atomic mass is 10.0. The highest BCUT2D eigenvalue weighted by molar-refractivity contribution is 7.89. The highest BCUT2D eigenvalue weighted by Gasteiger charge is 2.33. The van der Waals surface area contributed by atoms with Crippen LogP contribution in [0.4, 0.5) is 0 Å². The fourth-order valence-corrected chi connectivity index (χ4v) is 4.65. The molecule has 8 heteroatoms. The van der Waals surface area contributed by atoms with Crippen LogP contribution >= 0.6 is 0 Å². The molecule has 1 aromatic heterocycles. The third-order valence-corrected chi connectivity index (χ3v) is 6.29. The third kappa shape index (κ3) is 2.49. The second-order valence-electron chi connectivity index (χ2n) is 6.07. The van der Waals surface area contributed by atoms with E-state index in [4.69, 9.17) is 5.26 Å². The number of hydrogen-bond donors (Lipinski definition) is 0. The van der Waals surface area contributed by atoms with Gasteiger partial charge < -0.3 is 0 Å². The molecule has 1 aliphatic rings. The number of benzene rings is 2. The first kappa shape index (κ1) is 16.4. The van der Waals surface area contributed by atoms with Gasteiger partial charge in [-0.15, -0.1) is 5.10 Å². The molecular formula is C18H15N5O2S. The van der Waals surface area contributed by atoms with Crippen molar-refractivity contribution in [1.29, 1.82) is 5.26 Å². The summed E-state index contributed by atoms with van der Waals surface area (Å²) in [5.41, 5.74) is 3.86. The highest BCUT2D eigenvalue weighted by atomic mass is 32.2. The minimum atomic E-state index is -3.84. The Kier molecular flexibility index (Phi) is 3.83. The Labute approximate surface area is 151 Å². The van der Waals surface area contributed by atoms with E-state index in [0.717, 1.165) is 21.0 Å². The second kappa shape index (κ2) is 6.05. The zero-order valence-corrected chi connectivity index (χ0v) is 14.8. The van der Waals surface area contributed by atoms with Crippen LogP contribution in [0.3, 0.4) is 0 Å². The predicted octanol–water partition coefficient (Wildman–Crippen LogP) is 2.27. The maximum absolute atomic E-state index is 13.2. The van der Waals surface area contributed by atoms with Crippen molar-refractivity contribution in [3.8, 4) is 22.9 Å².